The van der Waals surface area contributed by atoms with Gasteiger partial charge >= 0.3 is 22.8 Å². The van der Waals surface area contributed by atoms with Crippen molar-refractivity contribution in [3.63, 3.8) is 0 Å². The van der Waals surface area contributed by atoms with Crippen LogP contribution in [0.2, 0.25) is 0 Å². The predicted octanol–water partition coefficient (Wildman–Crippen LogP) is 19.9. The van der Waals surface area contributed by atoms with Crippen LogP contribution in [-0.2, 0) is 19.2 Å². The van der Waals surface area contributed by atoms with E-state index in [1.165, 1.54) is 24.3 Å². The maximum Gasteiger partial charge on any atom is 0.339 e. The van der Waals surface area contributed by atoms with Gasteiger partial charge in [0.1, 0.15) is 57.5 Å². The highest BCUT2D eigenvalue weighted by atomic mass is 16.5. The topological polar surface area (TPSA) is 322 Å². The molecule has 4 amide bonds. The van der Waals surface area contributed by atoms with Crippen LogP contribution in [0.3, 0.4) is 0 Å². The van der Waals surface area contributed by atoms with Gasteiger partial charge in [0, 0.05) is 61.0 Å². The summed E-state index contributed by atoms with van der Waals surface area (Å²) in [7, 11) is 3.22. The van der Waals surface area contributed by atoms with Gasteiger partial charge in [0.2, 0.25) is 23.6 Å². The molecule has 8 aromatic heterocycles. The smallest absolute Gasteiger partial charge is 0.339 e. The Hall–Kier alpha value is -19.3. The van der Waals surface area contributed by atoms with Crippen molar-refractivity contribution in [2.45, 2.75) is 25.8 Å². The normalized spacial score (nSPS) is 12.0. The molecule has 0 unspecified atom stereocenters. The Labute approximate surface area is 800 Å². The first-order valence-electron chi connectivity index (χ1n) is 44.2. The van der Waals surface area contributed by atoms with Gasteiger partial charge in [-0.1, -0.05) is 86.5 Å². The molecule has 9 heterocycles. The highest BCUT2D eigenvalue weighted by Crippen LogP contribution is 2.35. The number of pyridine rings is 4. The van der Waals surface area contributed by atoms with E-state index in [2.05, 4.69) is 62.2 Å². The zero-order chi connectivity index (χ0) is 97.3. The van der Waals surface area contributed by atoms with Crippen LogP contribution in [0.25, 0.3) is 84.1 Å². The molecule has 0 saturated carbocycles. The molecule has 19 aromatic rings. The van der Waals surface area contributed by atoms with Crippen molar-refractivity contribution in [1.82, 2.24) is 61.4 Å². The molecule has 3 N–H and O–H groups in total. The fourth-order valence-electron chi connectivity index (χ4n) is 16.1. The minimum Gasteiger partial charge on any atom is -0.497 e. The number of hydrogen-bond donors (Lipinski definition) is 3. The Morgan fingerprint density at radius 2 is 0.686 bits per heavy atom. The van der Waals surface area contributed by atoms with Crippen molar-refractivity contribution >= 4 is 85.0 Å². The molecule has 0 radical (unpaired) electrons. The third-order valence-corrected chi connectivity index (χ3v) is 22.7. The number of hydrogen-bond acceptors (Lipinski definition) is 18. The summed E-state index contributed by atoms with van der Waals surface area (Å²) in [6.45, 7) is 17.2. The number of likely N-dealkylation sites (tertiary alicyclic amines) is 1. The van der Waals surface area contributed by atoms with Gasteiger partial charge in [-0.15, -0.1) is 0 Å². The lowest BCUT2D eigenvalue weighted by Crippen LogP contribution is -2.42. The monoisotopic (exact) mass is 1860 g/mol. The van der Waals surface area contributed by atoms with Crippen LogP contribution in [0, 0.1) is 6.92 Å². The summed E-state index contributed by atoms with van der Waals surface area (Å²) in [5.41, 5.74) is 11.7. The maximum absolute atomic E-state index is 13.7. The number of piperidine rings is 1. The quantitative estimate of drug-likeness (QED) is 0.0448. The largest absolute Gasteiger partial charge is 0.497 e. The lowest BCUT2D eigenvalue weighted by Gasteiger charge is -2.32. The van der Waals surface area contributed by atoms with Crippen molar-refractivity contribution < 1.29 is 47.6 Å². The first-order valence-corrected chi connectivity index (χ1v) is 44.2. The second-order valence-corrected chi connectivity index (χ2v) is 31.7. The fourth-order valence-corrected chi connectivity index (χ4v) is 16.1. The number of carbonyl (C=O) groups excluding carboxylic acids is 4. The number of benzene rings is 11. The minimum atomic E-state index is -0.330. The highest BCUT2D eigenvalue weighted by molar-refractivity contribution is 6.00. The molecule has 30 nitrogen and oxygen atoms in total. The molecule has 694 valence electrons. The van der Waals surface area contributed by atoms with Gasteiger partial charge in [0.15, 0.2) is 5.65 Å². The van der Waals surface area contributed by atoms with Gasteiger partial charge < -0.3 is 49.3 Å². The Bertz CT molecular complexity index is 8100. The Morgan fingerprint density at radius 1 is 0.329 bits per heavy atom. The third-order valence-electron chi connectivity index (χ3n) is 22.7. The van der Waals surface area contributed by atoms with E-state index in [4.69, 9.17) is 28.4 Å². The first-order chi connectivity index (χ1) is 68.3. The second-order valence-electron chi connectivity index (χ2n) is 31.7. The van der Waals surface area contributed by atoms with Gasteiger partial charge in [-0.05, 0) is 287 Å². The molecule has 20 rings (SSSR count). The summed E-state index contributed by atoms with van der Waals surface area (Å²) in [6.07, 6.45) is 18.2. The number of amides is 4. The first kappa shape index (κ1) is 92.6. The second kappa shape index (κ2) is 42.3. The van der Waals surface area contributed by atoms with Gasteiger partial charge in [-0.25, -0.2) is 28.7 Å². The summed E-state index contributed by atoms with van der Waals surface area (Å²) >= 11 is 0. The Kier molecular flexibility index (Phi) is 28.0. The fraction of sp³-hybridized carbons (Fsp3) is 0.0727. The molecule has 1 aliphatic heterocycles. The molecular weight excluding hydrogens is 1770 g/mol. The van der Waals surface area contributed by atoms with Gasteiger partial charge in [0.25, 0.3) is 0 Å². The van der Waals surface area contributed by atoms with Crippen molar-refractivity contribution in [3.05, 3.63) is 445 Å². The molecule has 30 heteroatoms. The van der Waals surface area contributed by atoms with Crippen LogP contribution in [-0.4, -0.2) is 112 Å². The van der Waals surface area contributed by atoms with E-state index in [1.807, 2.05) is 213 Å². The van der Waals surface area contributed by atoms with Gasteiger partial charge in [-0.3, -0.25) is 66.1 Å². The number of nitrogens with one attached hydrogen (secondary N) is 3. The standard InChI is InChI=1S/C28H22N4O4.C28H22N4O3.C27H26N4O4.C27H20N4O3/c1-3-27(33)30-19-5-4-6-21(17-19)32-25-15-16-29-18-26(25)31(28(32)34)20-7-9-23(10-8-20)36-24-13-11-22(35-2)12-14-24;1-3-27(33)30-20-5-4-6-22(17-20)32-25-15-16-29-18-26(25)31(28(32)34)21-9-13-24(14-10-21)35-23-11-7-19(2)8-12-23;1-3-26(32)29-15-5-6-20(18-29)31-24-13-14-28-17-25(24)30(27(31)33)19-9-11-21(12-10-19)35-23-8-4-7-22(16-23)34-2;1-2-25(32)29-19-8-6-9-21(18-19)30-24-12-7-17-28-26(24)31(27(30)33)20-13-15-23(16-14-20)34-22-10-4-3-5-11-22/h3-18H,1H2,2H3,(H,30,33);3-18H,1H2,2H3,(H,30,33);3-4,7-14,16-17,20H,1,5-6,15,18H2,2H3;2-18H,1H2,(H,29,32)/t;;20-;/m..1./s1. The van der Waals surface area contributed by atoms with Crippen molar-refractivity contribution in [2.75, 3.05) is 43.3 Å². The Balaban J connectivity index is 0.000000129. The minimum absolute atomic E-state index is 0.111. The average molecular weight is 1860 g/mol. The number of imidazole rings is 4. The molecule has 1 saturated heterocycles. The average Bonchev–Trinajstić information content (AvgIpc) is 1.62. The van der Waals surface area contributed by atoms with E-state index in [9.17, 15) is 38.4 Å². The van der Waals surface area contributed by atoms with Crippen molar-refractivity contribution in [2.24, 2.45) is 0 Å². The van der Waals surface area contributed by atoms with Crippen LogP contribution in [0.4, 0.5) is 17.1 Å². The van der Waals surface area contributed by atoms with E-state index in [0.717, 1.165) is 41.2 Å². The molecule has 11 aromatic carbocycles. The summed E-state index contributed by atoms with van der Waals surface area (Å²) in [6, 6.07) is 91.3. The number of nitrogens with zero attached hydrogens (tertiary/aromatic N) is 13. The van der Waals surface area contributed by atoms with Crippen molar-refractivity contribution in [3.8, 4) is 97.3 Å². The van der Waals surface area contributed by atoms with E-state index in [0.29, 0.717) is 149 Å². The molecule has 1 fully saturated rings. The number of methoxy groups -OCH3 is 2. The number of para-hydroxylation sites is 1. The Morgan fingerprint density at radius 3 is 1.13 bits per heavy atom. The van der Waals surface area contributed by atoms with Gasteiger partial charge in [0.05, 0.1) is 117 Å². The maximum atomic E-state index is 13.7. The molecule has 140 heavy (non-hydrogen) atoms. The van der Waals surface area contributed by atoms with Crippen molar-refractivity contribution in [1.29, 1.82) is 0 Å². The van der Waals surface area contributed by atoms with Crippen LogP contribution >= 0.6 is 0 Å². The summed E-state index contributed by atoms with van der Waals surface area (Å²) in [5.74, 6) is 5.76. The molecule has 0 spiro atoms. The van der Waals surface area contributed by atoms with E-state index >= 15 is 0 Å². The summed E-state index contributed by atoms with van der Waals surface area (Å²) < 4.78 is 47.0. The molecule has 1 aliphatic rings. The molecular formula is C110H90N16O14. The lowest BCUT2D eigenvalue weighted by atomic mass is 10.1. The number of carbonyl (C=O) groups is 4. The van der Waals surface area contributed by atoms with E-state index < -0.39 is 0 Å². The number of rotatable bonds is 25. The summed E-state index contributed by atoms with van der Waals surface area (Å²) in [5, 5.41) is 8.18. The number of anilines is 3. The van der Waals surface area contributed by atoms with E-state index in [1.54, 1.807) is 196 Å². The zero-order valence-corrected chi connectivity index (χ0v) is 76.0. The van der Waals surface area contributed by atoms with Crippen LogP contribution in [0.15, 0.2) is 416 Å². The van der Waals surface area contributed by atoms with Crippen LogP contribution < -0.4 is 67.1 Å². The number of aryl methyl sites for hydroxylation is 1. The lowest BCUT2D eigenvalue weighted by molar-refractivity contribution is -0.127. The molecule has 1 atom stereocenters. The SMILES string of the molecule is C=CC(=O)N1CCC[C@@H](n2c(=O)n(-c3ccc(Oc4cccc(OC)c4)cc3)c3cnccc32)C1.C=CC(=O)Nc1cccc(-n2c(=O)n(-c3ccc(Oc4ccc(C)cc4)cc3)c3cnccc32)c1.C=CC(=O)Nc1cccc(-n2c(=O)n(-c3ccc(Oc4ccc(OC)cc4)cc3)c3cnccc32)c1.C=CC(=O)Nc1cccc(-n2c(=O)n(-c3ccc(Oc4ccccc4)cc3)c3ncccc32)c1. The zero-order valence-electron chi connectivity index (χ0n) is 76.0. The van der Waals surface area contributed by atoms with Gasteiger partial charge in [-0.2, -0.15) is 0 Å². The molecule has 0 aliphatic carbocycles. The molecule has 0 bridgehead atoms. The van der Waals surface area contributed by atoms with E-state index in [-0.39, 0.29) is 52.4 Å². The highest BCUT2D eigenvalue weighted by Gasteiger charge is 2.29. The summed E-state index contributed by atoms with van der Waals surface area (Å²) in [4.78, 5) is 121. The van der Waals surface area contributed by atoms with Crippen LogP contribution in [0.5, 0.6) is 57.5 Å². The number of fused-ring (bicyclic) bond motifs is 4. The third kappa shape index (κ3) is 20.6. The number of ether oxygens (including phenoxy) is 6. The number of aromatic nitrogens is 12. The predicted molar refractivity (Wildman–Crippen MR) is 541 cm³/mol. The van der Waals surface area contributed by atoms with Crippen LogP contribution in [0.1, 0.15) is 24.4 Å².